The van der Waals surface area contributed by atoms with E-state index in [1.807, 2.05) is 71.4 Å². The molecule has 0 spiro atoms. The third kappa shape index (κ3) is 4.09. The van der Waals surface area contributed by atoms with Crippen LogP contribution in [0.25, 0.3) is 22.3 Å². The first-order valence-electron chi connectivity index (χ1n) is 10.3. The normalized spacial score (nSPS) is 10.9. The first kappa shape index (κ1) is 19.6. The molecule has 156 valence electrons. The average molecular weight is 420 g/mol. The molecule has 0 saturated carbocycles. The fourth-order valence-corrected chi connectivity index (χ4v) is 3.54. The number of aromatic nitrogens is 5. The van der Waals surface area contributed by atoms with E-state index in [0.717, 1.165) is 22.5 Å². The molecule has 1 aromatic carbocycles. The van der Waals surface area contributed by atoms with E-state index in [9.17, 15) is 4.79 Å². The number of hydrogen-bond acceptors (Lipinski definition) is 5. The Morgan fingerprint density at radius 2 is 1.75 bits per heavy atom. The van der Waals surface area contributed by atoms with Gasteiger partial charge >= 0.3 is 0 Å². The van der Waals surface area contributed by atoms with Gasteiger partial charge in [-0.3, -0.25) is 14.8 Å². The molecule has 5 aromatic rings. The lowest BCUT2D eigenvalue weighted by Gasteiger charge is -2.10. The van der Waals surface area contributed by atoms with E-state index >= 15 is 0 Å². The summed E-state index contributed by atoms with van der Waals surface area (Å²) < 4.78 is 1.81. The molecule has 7 heteroatoms. The van der Waals surface area contributed by atoms with Crippen molar-refractivity contribution in [2.75, 3.05) is 0 Å². The van der Waals surface area contributed by atoms with E-state index in [1.54, 1.807) is 24.8 Å². The maximum Gasteiger partial charge on any atom is 0.252 e. The molecule has 4 aromatic heterocycles. The predicted molar refractivity (Wildman–Crippen MR) is 122 cm³/mol. The summed E-state index contributed by atoms with van der Waals surface area (Å²) in [6.45, 7) is 0.877. The van der Waals surface area contributed by atoms with Crippen LogP contribution in [0.5, 0.6) is 0 Å². The molecule has 5 rings (SSSR count). The Balaban J connectivity index is 1.55. The number of benzene rings is 1. The third-order valence-electron chi connectivity index (χ3n) is 5.16. The average Bonchev–Trinajstić information content (AvgIpc) is 3.26. The summed E-state index contributed by atoms with van der Waals surface area (Å²) in [6.07, 6.45) is 6.91. The van der Waals surface area contributed by atoms with Crippen LogP contribution in [0.3, 0.4) is 0 Å². The number of carbonyl (C=O) groups excluding carboxylic acids is 1. The lowest BCUT2D eigenvalue weighted by Crippen LogP contribution is -2.23. The summed E-state index contributed by atoms with van der Waals surface area (Å²) in [5.74, 6) is -0.191. The van der Waals surface area contributed by atoms with Crippen molar-refractivity contribution in [3.05, 3.63) is 108 Å². The van der Waals surface area contributed by atoms with Crippen LogP contribution in [0, 0.1) is 0 Å². The number of rotatable bonds is 6. The van der Waals surface area contributed by atoms with E-state index in [1.165, 1.54) is 0 Å². The summed E-state index contributed by atoms with van der Waals surface area (Å²) in [7, 11) is 0. The molecule has 32 heavy (non-hydrogen) atoms. The molecule has 0 aliphatic heterocycles. The highest BCUT2D eigenvalue weighted by Gasteiger charge is 2.18. The fraction of sp³-hybridized carbons (Fsp3) is 0.0800. The zero-order valence-electron chi connectivity index (χ0n) is 17.2. The number of nitrogens with zero attached hydrogens (tertiary/aromatic N) is 5. The van der Waals surface area contributed by atoms with Crippen molar-refractivity contribution in [2.24, 2.45) is 0 Å². The van der Waals surface area contributed by atoms with Crippen molar-refractivity contribution < 1.29 is 4.79 Å². The third-order valence-corrected chi connectivity index (χ3v) is 5.16. The highest BCUT2D eigenvalue weighted by molar-refractivity contribution is 6.06. The summed E-state index contributed by atoms with van der Waals surface area (Å²) in [6, 6.07) is 21.2. The Kier molecular flexibility index (Phi) is 5.36. The lowest BCUT2D eigenvalue weighted by atomic mass is 10.1. The fourth-order valence-electron chi connectivity index (χ4n) is 3.54. The maximum atomic E-state index is 13.2. The van der Waals surface area contributed by atoms with Crippen molar-refractivity contribution in [3.8, 4) is 11.3 Å². The van der Waals surface area contributed by atoms with Crippen LogP contribution in [0.2, 0.25) is 0 Å². The summed E-state index contributed by atoms with van der Waals surface area (Å²) >= 11 is 0. The summed E-state index contributed by atoms with van der Waals surface area (Å²) in [4.78, 5) is 26.4. The molecule has 1 N–H and O–H groups in total. The smallest absolute Gasteiger partial charge is 0.252 e. The standard InChI is InChI=1S/C25H20N6O/c32-25(28-15-20-8-4-5-11-27-20)21-14-23(19-6-2-1-3-7-19)30-24-22(21)16-29-31(24)17-18-9-12-26-13-10-18/h1-14,16H,15,17H2,(H,28,32). The quantitative estimate of drug-likeness (QED) is 0.451. The summed E-state index contributed by atoms with van der Waals surface area (Å²) in [5.41, 5.74) is 4.69. The molecule has 0 bridgehead atoms. The van der Waals surface area contributed by atoms with Crippen molar-refractivity contribution >= 4 is 16.9 Å². The van der Waals surface area contributed by atoms with Gasteiger partial charge in [0.1, 0.15) is 0 Å². The van der Waals surface area contributed by atoms with E-state index in [4.69, 9.17) is 4.98 Å². The van der Waals surface area contributed by atoms with Gasteiger partial charge in [-0.25, -0.2) is 9.67 Å². The monoisotopic (exact) mass is 420 g/mol. The number of amides is 1. The van der Waals surface area contributed by atoms with Gasteiger partial charge in [0.15, 0.2) is 5.65 Å². The SMILES string of the molecule is O=C(NCc1ccccn1)c1cc(-c2ccccc2)nc2c1cnn2Cc1ccncc1. The van der Waals surface area contributed by atoms with Gasteiger partial charge < -0.3 is 5.32 Å². The van der Waals surface area contributed by atoms with Gasteiger partial charge in [0.25, 0.3) is 5.91 Å². The molecular weight excluding hydrogens is 400 g/mol. The second-order valence-electron chi connectivity index (χ2n) is 7.32. The van der Waals surface area contributed by atoms with Gasteiger partial charge in [-0.05, 0) is 35.9 Å². The Morgan fingerprint density at radius 3 is 2.53 bits per heavy atom. The minimum atomic E-state index is -0.191. The van der Waals surface area contributed by atoms with Crippen LogP contribution in [0.4, 0.5) is 0 Å². The molecular formula is C25H20N6O. The predicted octanol–water partition coefficient (Wildman–Crippen LogP) is 3.87. The van der Waals surface area contributed by atoms with Crippen LogP contribution in [-0.4, -0.2) is 30.6 Å². The molecule has 0 aliphatic rings. The van der Waals surface area contributed by atoms with E-state index < -0.39 is 0 Å². The van der Waals surface area contributed by atoms with E-state index in [0.29, 0.717) is 29.7 Å². The Bertz CT molecular complexity index is 1350. The van der Waals surface area contributed by atoms with Crippen LogP contribution in [-0.2, 0) is 13.1 Å². The van der Waals surface area contributed by atoms with Crippen LogP contribution < -0.4 is 5.32 Å². The zero-order valence-corrected chi connectivity index (χ0v) is 17.2. The lowest BCUT2D eigenvalue weighted by molar-refractivity contribution is 0.0952. The van der Waals surface area contributed by atoms with Gasteiger partial charge in [-0.15, -0.1) is 0 Å². The zero-order chi connectivity index (χ0) is 21.8. The number of pyridine rings is 3. The molecule has 4 heterocycles. The molecule has 0 aliphatic carbocycles. The van der Waals surface area contributed by atoms with Gasteiger partial charge in [-0.1, -0.05) is 36.4 Å². The molecule has 0 unspecified atom stereocenters. The van der Waals surface area contributed by atoms with Crippen molar-refractivity contribution in [1.29, 1.82) is 0 Å². The van der Waals surface area contributed by atoms with E-state index in [-0.39, 0.29) is 5.91 Å². The second kappa shape index (κ2) is 8.77. The van der Waals surface area contributed by atoms with Gasteiger partial charge in [-0.2, -0.15) is 5.10 Å². The molecule has 7 nitrogen and oxygen atoms in total. The highest BCUT2D eigenvalue weighted by Crippen LogP contribution is 2.25. The maximum absolute atomic E-state index is 13.2. The highest BCUT2D eigenvalue weighted by atomic mass is 16.1. The number of hydrogen-bond donors (Lipinski definition) is 1. The Morgan fingerprint density at radius 1 is 0.938 bits per heavy atom. The molecule has 0 fully saturated rings. The van der Waals surface area contributed by atoms with Crippen molar-refractivity contribution in [1.82, 2.24) is 30.0 Å². The Labute approximate surface area is 184 Å². The van der Waals surface area contributed by atoms with Crippen molar-refractivity contribution in [3.63, 3.8) is 0 Å². The van der Waals surface area contributed by atoms with Gasteiger partial charge in [0.05, 0.1) is 41.6 Å². The number of carbonyl (C=O) groups is 1. The van der Waals surface area contributed by atoms with Crippen LogP contribution in [0.1, 0.15) is 21.6 Å². The van der Waals surface area contributed by atoms with Gasteiger partial charge in [0.2, 0.25) is 0 Å². The van der Waals surface area contributed by atoms with Crippen molar-refractivity contribution in [2.45, 2.75) is 13.1 Å². The molecule has 0 radical (unpaired) electrons. The van der Waals surface area contributed by atoms with E-state index in [2.05, 4.69) is 20.4 Å². The van der Waals surface area contributed by atoms with Gasteiger partial charge in [0, 0.05) is 24.2 Å². The first-order chi connectivity index (χ1) is 15.8. The number of fused-ring (bicyclic) bond motifs is 1. The van der Waals surface area contributed by atoms with Crippen LogP contribution >= 0.6 is 0 Å². The molecule has 0 atom stereocenters. The number of nitrogens with one attached hydrogen (secondary N) is 1. The first-order valence-corrected chi connectivity index (χ1v) is 10.3. The Hall–Kier alpha value is -4.39. The molecule has 0 saturated heterocycles. The second-order valence-corrected chi connectivity index (χ2v) is 7.32. The topological polar surface area (TPSA) is 85.6 Å². The minimum Gasteiger partial charge on any atom is -0.346 e. The minimum absolute atomic E-state index is 0.191. The molecule has 1 amide bonds. The van der Waals surface area contributed by atoms with Crippen LogP contribution in [0.15, 0.2) is 91.5 Å². The largest absolute Gasteiger partial charge is 0.346 e. The summed E-state index contributed by atoms with van der Waals surface area (Å²) in [5, 5.41) is 8.20.